The fourth-order valence-corrected chi connectivity index (χ4v) is 3.80. The summed E-state index contributed by atoms with van der Waals surface area (Å²) in [6.45, 7) is 5.71. The quantitative estimate of drug-likeness (QED) is 0.358. The van der Waals surface area contributed by atoms with Crippen LogP contribution < -0.4 is 5.32 Å². The standard InChI is InChI=1S/C19H39N/c1-3-5-6-7-8-9-10-12-15-18-16-13-11-14-17-19(18)20-4-2/h18-20H,3-17H2,1-2H3. The van der Waals surface area contributed by atoms with Gasteiger partial charge in [-0.1, -0.05) is 84.5 Å². The van der Waals surface area contributed by atoms with E-state index in [1.165, 1.54) is 89.9 Å². The van der Waals surface area contributed by atoms with Gasteiger partial charge in [0.15, 0.2) is 0 Å². The van der Waals surface area contributed by atoms with Crippen molar-refractivity contribution in [2.24, 2.45) is 5.92 Å². The highest BCUT2D eigenvalue weighted by Crippen LogP contribution is 2.28. The van der Waals surface area contributed by atoms with E-state index in [4.69, 9.17) is 0 Å². The average molecular weight is 282 g/mol. The number of nitrogens with one attached hydrogen (secondary N) is 1. The van der Waals surface area contributed by atoms with E-state index in [1.54, 1.807) is 0 Å². The third-order valence-electron chi connectivity index (χ3n) is 5.05. The molecule has 0 amide bonds. The minimum atomic E-state index is 0.826. The molecule has 1 rings (SSSR count). The average Bonchev–Trinajstić information content (AvgIpc) is 2.68. The van der Waals surface area contributed by atoms with Crippen molar-refractivity contribution in [1.82, 2.24) is 5.32 Å². The topological polar surface area (TPSA) is 12.0 Å². The normalized spacial score (nSPS) is 23.7. The molecule has 2 unspecified atom stereocenters. The lowest BCUT2D eigenvalue weighted by Crippen LogP contribution is -2.35. The van der Waals surface area contributed by atoms with E-state index >= 15 is 0 Å². The van der Waals surface area contributed by atoms with Crippen molar-refractivity contribution in [3.05, 3.63) is 0 Å². The van der Waals surface area contributed by atoms with E-state index in [0.717, 1.165) is 18.5 Å². The van der Waals surface area contributed by atoms with Crippen LogP contribution >= 0.6 is 0 Å². The van der Waals surface area contributed by atoms with Crippen LogP contribution in [0.3, 0.4) is 0 Å². The molecular weight excluding hydrogens is 242 g/mol. The van der Waals surface area contributed by atoms with Gasteiger partial charge in [-0.3, -0.25) is 0 Å². The van der Waals surface area contributed by atoms with E-state index < -0.39 is 0 Å². The number of unbranched alkanes of at least 4 members (excludes halogenated alkanes) is 7. The number of hydrogen-bond acceptors (Lipinski definition) is 1. The van der Waals surface area contributed by atoms with Crippen molar-refractivity contribution in [3.63, 3.8) is 0 Å². The van der Waals surface area contributed by atoms with Crippen LogP contribution in [0, 0.1) is 5.92 Å². The van der Waals surface area contributed by atoms with Gasteiger partial charge in [0, 0.05) is 6.04 Å². The molecule has 1 aliphatic carbocycles. The molecule has 120 valence electrons. The molecule has 0 aromatic heterocycles. The zero-order chi connectivity index (χ0) is 14.5. The Kier molecular flexibility index (Phi) is 11.4. The number of rotatable bonds is 11. The molecule has 1 aliphatic rings. The molecule has 1 saturated carbocycles. The summed E-state index contributed by atoms with van der Waals surface area (Å²) < 4.78 is 0. The predicted molar refractivity (Wildman–Crippen MR) is 91.3 cm³/mol. The van der Waals surface area contributed by atoms with Gasteiger partial charge in [-0.15, -0.1) is 0 Å². The van der Waals surface area contributed by atoms with Gasteiger partial charge in [0.25, 0.3) is 0 Å². The van der Waals surface area contributed by atoms with E-state index in [1.807, 2.05) is 0 Å². The summed E-state index contributed by atoms with van der Waals surface area (Å²) in [7, 11) is 0. The minimum absolute atomic E-state index is 0.826. The SMILES string of the molecule is CCCCCCCCCCC1CCCCCC1NCC. The van der Waals surface area contributed by atoms with Crippen molar-refractivity contribution in [1.29, 1.82) is 0 Å². The molecule has 0 aromatic carbocycles. The van der Waals surface area contributed by atoms with Crippen LogP contribution in [-0.4, -0.2) is 12.6 Å². The van der Waals surface area contributed by atoms with E-state index in [-0.39, 0.29) is 0 Å². The van der Waals surface area contributed by atoms with Gasteiger partial charge in [0.05, 0.1) is 0 Å². The molecule has 1 nitrogen and oxygen atoms in total. The first kappa shape index (κ1) is 18.0. The van der Waals surface area contributed by atoms with Crippen LogP contribution in [0.4, 0.5) is 0 Å². The van der Waals surface area contributed by atoms with Crippen molar-refractivity contribution in [2.45, 2.75) is 110 Å². The molecule has 1 fully saturated rings. The molecule has 20 heavy (non-hydrogen) atoms. The Balaban J connectivity index is 2.05. The Morgan fingerprint density at radius 1 is 0.750 bits per heavy atom. The van der Waals surface area contributed by atoms with Gasteiger partial charge in [-0.2, -0.15) is 0 Å². The minimum Gasteiger partial charge on any atom is -0.314 e. The lowest BCUT2D eigenvalue weighted by molar-refractivity contribution is 0.311. The van der Waals surface area contributed by atoms with Gasteiger partial charge in [-0.25, -0.2) is 0 Å². The molecule has 2 atom stereocenters. The molecule has 0 heterocycles. The molecule has 0 aliphatic heterocycles. The smallest absolute Gasteiger partial charge is 0.00952 e. The van der Waals surface area contributed by atoms with Crippen LogP contribution in [0.2, 0.25) is 0 Å². The summed E-state index contributed by atoms with van der Waals surface area (Å²) in [5, 5.41) is 3.75. The fourth-order valence-electron chi connectivity index (χ4n) is 3.80. The van der Waals surface area contributed by atoms with E-state index in [9.17, 15) is 0 Å². The first-order valence-electron chi connectivity index (χ1n) is 9.61. The van der Waals surface area contributed by atoms with E-state index in [2.05, 4.69) is 19.2 Å². The van der Waals surface area contributed by atoms with Crippen LogP contribution in [0.15, 0.2) is 0 Å². The fraction of sp³-hybridized carbons (Fsp3) is 1.00. The zero-order valence-corrected chi connectivity index (χ0v) is 14.3. The Hall–Kier alpha value is -0.0400. The first-order chi connectivity index (χ1) is 9.88. The summed E-state index contributed by atoms with van der Waals surface area (Å²) >= 11 is 0. The largest absolute Gasteiger partial charge is 0.314 e. The van der Waals surface area contributed by atoms with Gasteiger partial charge >= 0.3 is 0 Å². The van der Waals surface area contributed by atoms with Gasteiger partial charge in [-0.05, 0) is 31.7 Å². The van der Waals surface area contributed by atoms with Gasteiger partial charge in [0.2, 0.25) is 0 Å². The van der Waals surface area contributed by atoms with Crippen LogP contribution in [0.5, 0.6) is 0 Å². The molecule has 0 spiro atoms. The Morgan fingerprint density at radius 3 is 2.10 bits per heavy atom. The third kappa shape index (κ3) is 8.29. The molecule has 1 N–H and O–H groups in total. The molecule has 0 bridgehead atoms. The van der Waals surface area contributed by atoms with Crippen LogP contribution in [0.1, 0.15) is 104 Å². The second kappa shape index (κ2) is 12.7. The summed E-state index contributed by atoms with van der Waals surface area (Å²) in [6.07, 6.45) is 20.4. The molecular formula is C19H39N. The second-order valence-corrected chi connectivity index (χ2v) is 6.83. The zero-order valence-electron chi connectivity index (χ0n) is 14.3. The third-order valence-corrected chi connectivity index (χ3v) is 5.05. The summed E-state index contributed by atoms with van der Waals surface area (Å²) in [4.78, 5) is 0. The maximum atomic E-state index is 3.75. The number of hydrogen-bond donors (Lipinski definition) is 1. The van der Waals surface area contributed by atoms with Crippen LogP contribution in [0.25, 0.3) is 0 Å². The lowest BCUT2D eigenvalue weighted by Gasteiger charge is -2.26. The highest BCUT2D eigenvalue weighted by Gasteiger charge is 2.22. The Labute approximate surface area is 128 Å². The van der Waals surface area contributed by atoms with Crippen molar-refractivity contribution in [2.75, 3.05) is 6.54 Å². The highest BCUT2D eigenvalue weighted by molar-refractivity contribution is 4.79. The summed E-state index contributed by atoms with van der Waals surface area (Å²) in [6, 6.07) is 0.826. The van der Waals surface area contributed by atoms with Crippen molar-refractivity contribution >= 4 is 0 Å². The first-order valence-corrected chi connectivity index (χ1v) is 9.61. The molecule has 1 heteroatoms. The second-order valence-electron chi connectivity index (χ2n) is 6.83. The van der Waals surface area contributed by atoms with Crippen molar-refractivity contribution < 1.29 is 0 Å². The van der Waals surface area contributed by atoms with Crippen LogP contribution in [-0.2, 0) is 0 Å². The Bertz CT molecular complexity index is 202. The van der Waals surface area contributed by atoms with E-state index in [0.29, 0.717) is 0 Å². The molecule has 0 aromatic rings. The summed E-state index contributed by atoms with van der Waals surface area (Å²) in [5.41, 5.74) is 0. The molecule has 0 saturated heterocycles. The van der Waals surface area contributed by atoms with Gasteiger partial charge < -0.3 is 5.32 Å². The molecule has 0 radical (unpaired) electrons. The monoisotopic (exact) mass is 281 g/mol. The lowest BCUT2D eigenvalue weighted by atomic mass is 9.89. The highest BCUT2D eigenvalue weighted by atomic mass is 14.9. The van der Waals surface area contributed by atoms with Crippen molar-refractivity contribution in [3.8, 4) is 0 Å². The Morgan fingerprint density at radius 2 is 1.40 bits per heavy atom. The van der Waals surface area contributed by atoms with Gasteiger partial charge in [0.1, 0.15) is 0 Å². The predicted octanol–water partition coefficient (Wildman–Crippen LogP) is 6.08. The summed E-state index contributed by atoms with van der Waals surface area (Å²) in [5.74, 6) is 0.970. The maximum absolute atomic E-state index is 3.75. The maximum Gasteiger partial charge on any atom is 0.00952 e.